The highest BCUT2D eigenvalue weighted by molar-refractivity contribution is 7.15. The van der Waals surface area contributed by atoms with Crippen LogP contribution in [0.2, 0.25) is 0 Å². The van der Waals surface area contributed by atoms with Gasteiger partial charge < -0.3 is 10.0 Å². The van der Waals surface area contributed by atoms with Crippen molar-refractivity contribution in [3.63, 3.8) is 0 Å². The minimum atomic E-state index is -1.11. The average molecular weight is 475 g/mol. The predicted octanol–water partition coefficient (Wildman–Crippen LogP) is 5.26. The second-order valence-corrected chi connectivity index (χ2v) is 11.0. The smallest absolute Gasteiger partial charge is 0.348 e. The second-order valence-electron chi connectivity index (χ2n) is 9.98. The van der Waals surface area contributed by atoms with E-state index in [2.05, 4.69) is 18.8 Å². The molecule has 7 heteroatoms. The number of aromatic carboxylic acids is 1. The molecule has 0 aliphatic heterocycles. The molecule has 6 nitrogen and oxygen atoms in total. The number of carboxylic acids is 1. The van der Waals surface area contributed by atoms with E-state index < -0.39 is 12.0 Å². The number of amides is 2. The third-order valence-electron chi connectivity index (χ3n) is 6.15. The van der Waals surface area contributed by atoms with E-state index in [0.717, 1.165) is 37.0 Å². The van der Waals surface area contributed by atoms with Crippen LogP contribution in [0.15, 0.2) is 6.07 Å². The number of carbonyl (C=O) groups excluding carboxylic acids is 2. The van der Waals surface area contributed by atoms with Gasteiger partial charge in [-0.2, -0.15) is 0 Å². The molecule has 1 atom stereocenters. The van der Waals surface area contributed by atoms with E-state index in [0.29, 0.717) is 23.9 Å². The molecule has 1 saturated carbocycles. The minimum Gasteiger partial charge on any atom is -0.477 e. The van der Waals surface area contributed by atoms with Crippen molar-refractivity contribution in [2.45, 2.75) is 80.2 Å². The molecule has 1 N–H and O–H groups in total. The first-order valence-corrected chi connectivity index (χ1v) is 12.7. The van der Waals surface area contributed by atoms with Gasteiger partial charge in [0.25, 0.3) is 0 Å². The molecule has 1 aromatic rings. The van der Waals surface area contributed by atoms with Crippen LogP contribution in [0.4, 0.5) is 5.69 Å². The summed E-state index contributed by atoms with van der Waals surface area (Å²) in [5.74, 6) is 5.11. The molecule has 1 aliphatic rings. The van der Waals surface area contributed by atoms with Crippen LogP contribution in [0.5, 0.6) is 0 Å². The maximum Gasteiger partial charge on any atom is 0.348 e. The van der Waals surface area contributed by atoms with Gasteiger partial charge in [0.15, 0.2) is 0 Å². The van der Waals surface area contributed by atoms with E-state index in [1.165, 1.54) is 4.90 Å². The number of rotatable bonds is 7. The van der Waals surface area contributed by atoms with Crippen molar-refractivity contribution in [3.8, 4) is 11.8 Å². The Bertz CT molecular complexity index is 922. The molecular formula is C26H38N2O4S. The molecule has 1 heterocycles. The van der Waals surface area contributed by atoms with Gasteiger partial charge in [-0.3, -0.25) is 14.5 Å². The highest BCUT2D eigenvalue weighted by Gasteiger charge is 2.37. The van der Waals surface area contributed by atoms with Crippen LogP contribution in [0.3, 0.4) is 0 Å². The predicted molar refractivity (Wildman–Crippen MR) is 134 cm³/mol. The van der Waals surface area contributed by atoms with Gasteiger partial charge >= 0.3 is 5.97 Å². The third kappa shape index (κ3) is 6.83. The summed E-state index contributed by atoms with van der Waals surface area (Å²) in [5, 5.41) is 9.93. The Morgan fingerprint density at radius 2 is 1.73 bits per heavy atom. The third-order valence-corrected chi connectivity index (χ3v) is 7.18. The minimum absolute atomic E-state index is 0.0462. The fraction of sp³-hybridized carbons (Fsp3) is 0.654. The van der Waals surface area contributed by atoms with Crippen molar-refractivity contribution >= 4 is 34.8 Å². The van der Waals surface area contributed by atoms with Crippen molar-refractivity contribution in [3.05, 3.63) is 15.8 Å². The van der Waals surface area contributed by atoms with Crippen molar-refractivity contribution in [2.24, 2.45) is 17.3 Å². The summed E-state index contributed by atoms with van der Waals surface area (Å²) in [6.07, 6.45) is 3.43. The molecule has 0 unspecified atom stereocenters. The monoisotopic (exact) mass is 474 g/mol. The first kappa shape index (κ1) is 26.9. The topological polar surface area (TPSA) is 77.9 Å². The summed E-state index contributed by atoms with van der Waals surface area (Å²) in [6.45, 7) is 14.7. The summed E-state index contributed by atoms with van der Waals surface area (Å²) in [5.41, 5.74) is 0.0377. The molecule has 2 rings (SSSR count). The molecule has 0 spiro atoms. The molecule has 1 fully saturated rings. The lowest BCUT2D eigenvalue weighted by Gasteiger charge is -2.35. The molecule has 1 aliphatic carbocycles. The fourth-order valence-corrected chi connectivity index (χ4v) is 5.00. The van der Waals surface area contributed by atoms with Crippen LogP contribution in [-0.2, 0) is 9.59 Å². The van der Waals surface area contributed by atoms with Crippen molar-refractivity contribution in [2.75, 3.05) is 18.0 Å². The largest absolute Gasteiger partial charge is 0.477 e. The summed E-state index contributed by atoms with van der Waals surface area (Å²) >= 11 is 1.06. The number of hydrogen-bond donors (Lipinski definition) is 1. The van der Waals surface area contributed by atoms with Crippen LogP contribution >= 0.6 is 11.3 Å². The Kier molecular flexibility index (Phi) is 9.13. The number of thiophene rings is 1. The molecular weight excluding hydrogens is 436 g/mol. The van der Waals surface area contributed by atoms with E-state index >= 15 is 0 Å². The average Bonchev–Trinajstić information content (AvgIpc) is 3.17. The van der Waals surface area contributed by atoms with E-state index in [1.807, 2.05) is 34.6 Å². The number of hydrogen-bond acceptors (Lipinski definition) is 4. The van der Waals surface area contributed by atoms with E-state index in [4.69, 9.17) is 0 Å². The lowest BCUT2D eigenvalue weighted by atomic mass is 9.82. The zero-order chi connectivity index (χ0) is 24.9. The van der Waals surface area contributed by atoms with E-state index in [-0.39, 0.29) is 33.7 Å². The van der Waals surface area contributed by atoms with Crippen molar-refractivity contribution in [1.29, 1.82) is 0 Å². The lowest BCUT2D eigenvalue weighted by molar-refractivity contribution is -0.134. The number of anilines is 1. The van der Waals surface area contributed by atoms with Gasteiger partial charge in [-0.05, 0) is 79.2 Å². The summed E-state index contributed by atoms with van der Waals surface area (Å²) in [6, 6.07) is 0.871. The zero-order valence-electron chi connectivity index (χ0n) is 21.0. The molecule has 0 radical (unpaired) electrons. The quantitative estimate of drug-likeness (QED) is 0.547. The van der Waals surface area contributed by atoms with Gasteiger partial charge in [0.1, 0.15) is 10.9 Å². The molecule has 0 aromatic carbocycles. The Balaban J connectivity index is 2.57. The van der Waals surface area contributed by atoms with E-state index in [1.54, 1.807) is 17.9 Å². The normalized spacial score (nSPS) is 19.2. The first-order chi connectivity index (χ1) is 15.4. The Labute approximate surface area is 202 Å². The number of likely N-dealkylation sites (N-methyl/N-ethyl adjacent to an activating group) is 1. The summed E-state index contributed by atoms with van der Waals surface area (Å²) < 4.78 is 0. The van der Waals surface area contributed by atoms with E-state index in [9.17, 15) is 19.5 Å². The second kappa shape index (κ2) is 11.2. The number of nitrogens with zero attached hydrogens (tertiary/aromatic N) is 2. The van der Waals surface area contributed by atoms with Crippen LogP contribution in [0, 0.1) is 29.1 Å². The van der Waals surface area contributed by atoms with Crippen LogP contribution in [-0.4, -0.2) is 46.9 Å². The van der Waals surface area contributed by atoms with Gasteiger partial charge in [0.05, 0.1) is 10.6 Å². The van der Waals surface area contributed by atoms with Gasteiger partial charge in [-0.15, -0.1) is 11.3 Å². The maximum absolute atomic E-state index is 13.8. The van der Waals surface area contributed by atoms with Gasteiger partial charge in [-0.25, -0.2) is 4.79 Å². The Morgan fingerprint density at radius 1 is 1.15 bits per heavy atom. The molecule has 182 valence electrons. The standard InChI is InChI=1S/C26H38N2O4S/c1-8-27(9-2)23(29)18(4)28(24(30)19-12-10-17(3)11-13-19)21-16-20(14-15-26(5,6)7)33-22(21)25(31)32/h16-19H,8-13H2,1-7H3,(H,31,32)/t17?,18-,19?/m0/s1. The van der Waals surface area contributed by atoms with Crippen LogP contribution < -0.4 is 4.90 Å². The Hall–Kier alpha value is -2.33. The SMILES string of the molecule is CCN(CC)C(=O)[C@H](C)N(C(=O)C1CCC(C)CC1)c1cc(C#CC(C)(C)C)sc1C(=O)O. The van der Waals surface area contributed by atoms with Crippen LogP contribution in [0.1, 0.15) is 88.7 Å². The molecule has 0 bridgehead atoms. The maximum atomic E-state index is 13.8. The fourth-order valence-electron chi connectivity index (χ4n) is 4.16. The molecule has 1 aromatic heterocycles. The van der Waals surface area contributed by atoms with Crippen molar-refractivity contribution < 1.29 is 19.5 Å². The van der Waals surface area contributed by atoms with Crippen LogP contribution in [0.25, 0.3) is 0 Å². The Morgan fingerprint density at radius 3 is 2.21 bits per heavy atom. The van der Waals surface area contributed by atoms with Gasteiger partial charge in [0, 0.05) is 24.4 Å². The van der Waals surface area contributed by atoms with Gasteiger partial charge in [0.2, 0.25) is 11.8 Å². The van der Waals surface area contributed by atoms with Crippen molar-refractivity contribution in [1.82, 2.24) is 4.90 Å². The molecule has 33 heavy (non-hydrogen) atoms. The number of carbonyl (C=O) groups is 3. The molecule has 0 saturated heterocycles. The zero-order valence-corrected chi connectivity index (χ0v) is 21.8. The first-order valence-electron chi connectivity index (χ1n) is 11.9. The van der Waals surface area contributed by atoms with Gasteiger partial charge in [-0.1, -0.05) is 18.8 Å². The summed E-state index contributed by atoms with van der Waals surface area (Å²) in [4.78, 5) is 43.0. The highest BCUT2D eigenvalue weighted by Crippen LogP contribution is 2.36. The number of carboxylic acid groups (broad SMARTS) is 1. The summed E-state index contributed by atoms with van der Waals surface area (Å²) in [7, 11) is 0. The lowest BCUT2D eigenvalue weighted by Crippen LogP contribution is -2.52. The molecule has 2 amide bonds. The highest BCUT2D eigenvalue weighted by atomic mass is 32.1.